The van der Waals surface area contributed by atoms with Crippen LogP contribution in [0.4, 0.5) is 0 Å². The molecule has 0 radical (unpaired) electrons. The molecule has 0 aromatic heterocycles. The highest BCUT2D eigenvalue weighted by Crippen LogP contribution is 2.06. The van der Waals surface area contributed by atoms with Crippen molar-refractivity contribution < 1.29 is 38.2 Å². The number of ether oxygens (including phenoxy) is 3. The molecule has 12 nitrogen and oxygen atoms in total. The van der Waals surface area contributed by atoms with Crippen LogP contribution < -0.4 is 0 Å². The molecule has 2 atom stereocenters. The average molecular weight is 394 g/mol. The maximum Gasteiger partial charge on any atom is 0.331 e. The van der Waals surface area contributed by atoms with Gasteiger partial charge < -0.3 is 14.2 Å². The first-order chi connectivity index (χ1) is 13.6. The topological polar surface area (TPSA) is 174 Å². The lowest BCUT2D eigenvalue weighted by Crippen LogP contribution is -2.26. The Labute approximate surface area is 159 Å². The Hall–Kier alpha value is -3.63. The molecule has 2 unspecified atom stereocenters. The minimum Gasteiger partial charge on any atom is -0.460 e. The van der Waals surface area contributed by atoms with Gasteiger partial charge in [0.05, 0.1) is 6.54 Å². The van der Waals surface area contributed by atoms with Gasteiger partial charge >= 0.3 is 11.9 Å². The zero-order valence-corrected chi connectivity index (χ0v) is 14.9. The summed E-state index contributed by atoms with van der Waals surface area (Å²) in [5.41, 5.74) is 0. The third-order valence-electron chi connectivity index (χ3n) is 3.13. The van der Waals surface area contributed by atoms with E-state index in [2.05, 4.69) is 19.7 Å². The van der Waals surface area contributed by atoms with Gasteiger partial charge in [0.1, 0.15) is 19.8 Å². The van der Waals surface area contributed by atoms with Crippen molar-refractivity contribution in [1.82, 2.24) is 0 Å². The van der Waals surface area contributed by atoms with Crippen molar-refractivity contribution in [2.24, 2.45) is 15.0 Å². The summed E-state index contributed by atoms with van der Waals surface area (Å²) < 4.78 is 14.2. The van der Waals surface area contributed by atoms with E-state index in [9.17, 15) is 24.0 Å². The second-order valence-electron chi connectivity index (χ2n) is 5.00. The van der Waals surface area contributed by atoms with Gasteiger partial charge in [-0.25, -0.2) is 29.0 Å². The highest BCUT2D eigenvalue weighted by atomic mass is 16.6. The largest absolute Gasteiger partial charge is 0.460 e. The maximum atomic E-state index is 11.8. The van der Waals surface area contributed by atoms with Crippen LogP contribution in [0.2, 0.25) is 0 Å². The summed E-state index contributed by atoms with van der Waals surface area (Å²) in [6, 6.07) is -2.22. The minimum atomic E-state index is -1.11. The number of carbonyl (C=O) groups excluding carboxylic acids is 5. The van der Waals surface area contributed by atoms with E-state index in [1.807, 2.05) is 0 Å². The highest BCUT2D eigenvalue weighted by molar-refractivity contribution is 5.77. The standard InChI is InChI=1S/C16H18N4O8/c17-9-26-6-2-4-14(20-12-23)16(25)28-8-7-27-15(24)13(19-11-22)3-1-5-18-10-21/h13-14H,1-8H2. The molecule has 0 aliphatic heterocycles. The molecule has 0 aliphatic rings. The molecule has 0 amide bonds. The summed E-state index contributed by atoms with van der Waals surface area (Å²) in [4.78, 5) is 64.3. The van der Waals surface area contributed by atoms with Crippen LogP contribution in [0.3, 0.4) is 0 Å². The molecule has 0 spiro atoms. The molecule has 0 rings (SSSR count). The van der Waals surface area contributed by atoms with E-state index in [0.717, 1.165) is 0 Å². The number of isocyanates is 3. The van der Waals surface area contributed by atoms with E-state index in [1.54, 1.807) is 0 Å². The third kappa shape index (κ3) is 11.8. The van der Waals surface area contributed by atoms with E-state index in [4.69, 9.17) is 14.7 Å². The van der Waals surface area contributed by atoms with E-state index in [1.165, 1.54) is 24.5 Å². The maximum absolute atomic E-state index is 11.8. The summed E-state index contributed by atoms with van der Waals surface area (Å²) in [5.74, 6) is -1.66. The predicted octanol–water partition coefficient (Wildman–Crippen LogP) is -0.125. The third-order valence-corrected chi connectivity index (χ3v) is 3.13. The average Bonchev–Trinajstić information content (AvgIpc) is 2.69. The van der Waals surface area contributed by atoms with Crippen LogP contribution in [0.5, 0.6) is 0 Å². The SMILES string of the molecule is N#COCCCC(N=C=O)C(=O)OCCOC(=O)C(CCCN=C=O)N=C=O. The summed E-state index contributed by atoms with van der Waals surface area (Å²) >= 11 is 0. The number of nitriles is 1. The van der Waals surface area contributed by atoms with Crippen molar-refractivity contribution in [3.05, 3.63) is 0 Å². The second kappa shape index (κ2) is 16.8. The Bertz CT molecular complexity index is 685. The van der Waals surface area contributed by atoms with Gasteiger partial charge in [-0.2, -0.15) is 15.2 Å². The lowest BCUT2D eigenvalue weighted by molar-refractivity contribution is -0.154. The Morgan fingerprint density at radius 2 is 1.36 bits per heavy atom. The summed E-state index contributed by atoms with van der Waals surface area (Å²) in [7, 11) is 0. The molecular formula is C16H18N4O8. The molecule has 0 N–H and O–H groups in total. The van der Waals surface area contributed by atoms with Gasteiger partial charge in [-0.1, -0.05) is 0 Å². The molecule has 0 aromatic rings. The monoisotopic (exact) mass is 394 g/mol. The van der Waals surface area contributed by atoms with Gasteiger partial charge in [-0.3, -0.25) is 0 Å². The molecule has 12 heteroatoms. The predicted molar refractivity (Wildman–Crippen MR) is 88.8 cm³/mol. The van der Waals surface area contributed by atoms with E-state index in [0.29, 0.717) is 6.42 Å². The number of rotatable bonds is 15. The Balaban J connectivity index is 4.32. The fraction of sp³-hybridized carbons (Fsp3) is 0.625. The molecule has 0 bridgehead atoms. The zero-order chi connectivity index (χ0) is 21.0. The molecule has 28 heavy (non-hydrogen) atoms. The van der Waals surface area contributed by atoms with Crippen LogP contribution in [-0.4, -0.2) is 68.6 Å². The Morgan fingerprint density at radius 3 is 1.82 bits per heavy atom. The number of hydrogen-bond acceptors (Lipinski definition) is 12. The van der Waals surface area contributed by atoms with Gasteiger partial charge in [-0.05, 0) is 25.7 Å². The lowest BCUT2D eigenvalue weighted by atomic mass is 10.1. The van der Waals surface area contributed by atoms with Gasteiger partial charge in [0.15, 0.2) is 12.1 Å². The van der Waals surface area contributed by atoms with Crippen LogP contribution in [0.25, 0.3) is 0 Å². The molecule has 0 aromatic carbocycles. The quantitative estimate of drug-likeness (QED) is 0.120. The van der Waals surface area contributed by atoms with Crippen molar-refractivity contribution in [3.8, 4) is 6.26 Å². The van der Waals surface area contributed by atoms with E-state index >= 15 is 0 Å². The zero-order valence-electron chi connectivity index (χ0n) is 14.9. The highest BCUT2D eigenvalue weighted by Gasteiger charge is 2.21. The minimum absolute atomic E-state index is 0.0586. The first kappa shape index (κ1) is 24.4. The molecule has 150 valence electrons. The smallest absolute Gasteiger partial charge is 0.331 e. The van der Waals surface area contributed by atoms with E-state index in [-0.39, 0.29) is 45.6 Å². The summed E-state index contributed by atoms with van der Waals surface area (Å²) in [6.45, 7) is -0.436. The van der Waals surface area contributed by atoms with Gasteiger partial charge in [0, 0.05) is 0 Å². The fourth-order valence-electron chi connectivity index (χ4n) is 1.88. The first-order valence-corrected chi connectivity index (χ1v) is 8.12. The number of nitrogens with zero attached hydrogens (tertiary/aromatic N) is 4. The number of carbonyl (C=O) groups is 2. The fourth-order valence-corrected chi connectivity index (χ4v) is 1.88. The lowest BCUT2D eigenvalue weighted by Gasteiger charge is -2.12. The molecule has 0 saturated heterocycles. The number of hydrogen-bond donors (Lipinski definition) is 0. The van der Waals surface area contributed by atoms with Crippen molar-refractivity contribution in [1.29, 1.82) is 5.26 Å². The number of aliphatic imine (C=N–C) groups is 3. The van der Waals surface area contributed by atoms with Gasteiger partial charge in [-0.15, -0.1) is 0 Å². The summed E-state index contributed by atoms with van der Waals surface area (Å²) in [5, 5.41) is 8.24. The Kier molecular flexibility index (Phi) is 14.6. The van der Waals surface area contributed by atoms with Crippen LogP contribution in [-0.2, 0) is 38.2 Å². The van der Waals surface area contributed by atoms with Crippen LogP contribution in [0, 0.1) is 11.5 Å². The second-order valence-corrected chi connectivity index (χ2v) is 5.00. The van der Waals surface area contributed by atoms with Crippen LogP contribution in [0.15, 0.2) is 15.0 Å². The van der Waals surface area contributed by atoms with Crippen LogP contribution >= 0.6 is 0 Å². The first-order valence-electron chi connectivity index (χ1n) is 8.12. The molecule has 0 aliphatic carbocycles. The summed E-state index contributed by atoms with van der Waals surface area (Å²) in [6.07, 6.45) is 6.13. The van der Waals surface area contributed by atoms with Gasteiger partial charge in [0.25, 0.3) is 6.26 Å². The van der Waals surface area contributed by atoms with Crippen LogP contribution in [0.1, 0.15) is 25.7 Å². The normalized spacial score (nSPS) is 11.2. The molecule has 0 fully saturated rings. The molecule has 0 saturated carbocycles. The number of esters is 2. The van der Waals surface area contributed by atoms with Crippen molar-refractivity contribution in [3.63, 3.8) is 0 Å². The van der Waals surface area contributed by atoms with Gasteiger partial charge in [0.2, 0.25) is 18.2 Å². The van der Waals surface area contributed by atoms with Crippen molar-refractivity contribution in [2.75, 3.05) is 26.4 Å². The Morgan fingerprint density at radius 1 is 0.821 bits per heavy atom. The van der Waals surface area contributed by atoms with Crippen molar-refractivity contribution in [2.45, 2.75) is 37.8 Å². The molecular weight excluding hydrogens is 376 g/mol. The van der Waals surface area contributed by atoms with E-state index < -0.39 is 24.0 Å². The molecule has 0 heterocycles. The van der Waals surface area contributed by atoms with Crippen molar-refractivity contribution >= 4 is 30.2 Å².